The van der Waals surface area contributed by atoms with Crippen molar-refractivity contribution >= 4 is 16.7 Å². The predicted octanol–water partition coefficient (Wildman–Crippen LogP) is 3.07. The van der Waals surface area contributed by atoms with Crippen molar-refractivity contribution < 1.29 is 9.53 Å². The summed E-state index contributed by atoms with van der Waals surface area (Å²) in [6.07, 6.45) is 3.93. The molecule has 0 N–H and O–H groups in total. The Balaban J connectivity index is 2.04. The van der Waals surface area contributed by atoms with Crippen molar-refractivity contribution in [3.8, 4) is 5.75 Å². The average molecular weight is 265 g/mol. The minimum absolute atomic E-state index is 0.179. The van der Waals surface area contributed by atoms with Crippen molar-refractivity contribution in [1.82, 2.24) is 0 Å². The number of ether oxygens (including phenoxy) is 1. The molecule has 0 saturated carbocycles. The van der Waals surface area contributed by atoms with Gasteiger partial charge in [0.25, 0.3) is 0 Å². The van der Waals surface area contributed by atoms with Crippen LogP contribution in [0.5, 0.6) is 5.75 Å². The molecule has 0 aromatic heterocycles. The van der Waals surface area contributed by atoms with Crippen LogP contribution >= 0.6 is 0 Å². The Morgan fingerprint density at radius 3 is 2.33 bits per heavy atom. The predicted molar refractivity (Wildman–Crippen MR) is 77.7 cm³/mol. The molecule has 1 aliphatic heterocycles. The van der Waals surface area contributed by atoms with E-state index in [1.54, 1.807) is 7.11 Å². The molecule has 0 aliphatic carbocycles. The van der Waals surface area contributed by atoms with Crippen LogP contribution in [0.15, 0.2) is 24.3 Å². The van der Waals surface area contributed by atoms with E-state index < -0.39 is 0 Å². The second-order valence-electron chi connectivity index (χ2n) is 4.74. The van der Waals surface area contributed by atoms with Gasteiger partial charge in [-0.15, -0.1) is 0 Å². The van der Waals surface area contributed by atoms with Crippen LogP contribution in [0.1, 0.15) is 36.5 Å². The van der Waals surface area contributed by atoms with Gasteiger partial charge >= 0.3 is 0 Å². The SMILES string of the molecule is COc1ccc(C(=O)C(C)[S+]2CCCCC2)cc1. The molecule has 0 spiro atoms. The lowest BCUT2D eigenvalue weighted by molar-refractivity contribution is 0.0993. The Morgan fingerprint density at radius 2 is 1.78 bits per heavy atom. The zero-order valence-corrected chi connectivity index (χ0v) is 12.0. The van der Waals surface area contributed by atoms with Crippen molar-refractivity contribution in [3.05, 3.63) is 29.8 Å². The molecule has 1 fully saturated rings. The Hall–Kier alpha value is -0.960. The molecule has 1 aromatic carbocycles. The molecule has 18 heavy (non-hydrogen) atoms. The summed E-state index contributed by atoms with van der Waals surface area (Å²) < 4.78 is 5.12. The van der Waals surface area contributed by atoms with Crippen molar-refractivity contribution in [3.63, 3.8) is 0 Å². The Kier molecular flexibility index (Phi) is 4.70. The summed E-state index contributed by atoms with van der Waals surface area (Å²) in [4.78, 5) is 12.4. The van der Waals surface area contributed by atoms with E-state index in [0.717, 1.165) is 11.3 Å². The van der Waals surface area contributed by atoms with Crippen LogP contribution in [0, 0.1) is 0 Å². The number of hydrogen-bond donors (Lipinski definition) is 0. The molecule has 1 aromatic rings. The van der Waals surface area contributed by atoms with Crippen LogP contribution in [0.2, 0.25) is 0 Å². The number of rotatable bonds is 4. The third kappa shape index (κ3) is 3.08. The number of carbonyl (C=O) groups is 1. The second-order valence-corrected chi connectivity index (χ2v) is 7.34. The Morgan fingerprint density at radius 1 is 1.17 bits per heavy atom. The van der Waals surface area contributed by atoms with Crippen LogP contribution < -0.4 is 4.74 Å². The minimum atomic E-state index is 0.179. The van der Waals surface area contributed by atoms with Crippen molar-refractivity contribution in [1.29, 1.82) is 0 Å². The summed E-state index contributed by atoms with van der Waals surface area (Å²) in [7, 11) is 1.93. The van der Waals surface area contributed by atoms with Gasteiger partial charge in [0, 0.05) is 5.56 Å². The molecule has 0 amide bonds. The monoisotopic (exact) mass is 265 g/mol. The van der Waals surface area contributed by atoms with Crippen LogP contribution in [0.4, 0.5) is 0 Å². The maximum atomic E-state index is 12.4. The molecule has 1 saturated heterocycles. The van der Waals surface area contributed by atoms with Crippen LogP contribution in [0.3, 0.4) is 0 Å². The first-order valence-electron chi connectivity index (χ1n) is 6.57. The highest BCUT2D eigenvalue weighted by Crippen LogP contribution is 2.22. The first-order valence-corrected chi connectivity index (χ1v) is 8.19. The van der Waals surface area contributed by atoms with E-state index in [9.17, 15) is 4.79 Å². The van der Waals surface area contributed by atoms with Crippen LogP contribution in [-0.2, 0) is 10.9 Å². The zero-order chi connectivity index (χ0) is 13.0. The van der Waals surface area contributed by atoms with E-state index in [-0.39, 0.29) is 5.25 Å². The number of Topliss-reactive ketones (excluding diaryl/α,β-unsaturated/α-hetero) is 1. The first-order chi connectivity index (χ1) is 8.72. The third-order valence-electron chi connectivity index (χ3n) is 3.56. The lowest BCUT2D eigenvalue weighted by Crippen LogP contribution is -2.34. The molecule has 3 heteroatoms. The van der Waals surface area contributed by atoms with Gasteiger partial charge in [0.15, 0.2) is 5.25 Å². The van der Waals surface area contributed by atoms with E-state index in [0.29, 0.717) is 16.7 Å². The highest BCUT2D eigenvalue weighted by atomic mass is 32.2. The van der Waals surface area contributed by atoms with Gasteiger partial charge in [0.1, 0.15) is 17.3 Å². The Labute approximate surface area is 112 Å². The minimum Gasteiger partial charge on any atom is -0.497 e. The van der Waals surface area contributed by atoms with Gasteiger partial charge in [-0.1, -0.05) is 0 Å². The van der Waals surface area contributed by atoms with Gasteiger partial charge in [-0.3, -0.25) is 4.79 Å². The summed E-state index contributed by atoms with van der Waals surface area (Å²) in [6.45, 7) is 2.10. The second kappa shape index (κ2) is 6.28. The number of carbonyl (C=O) groups excluding carboxylic acids is 1. The molecule has 1 aliphatic rings. The lowest BCUT2D eigenvalue weighted by atomic mass is 10.1. The van der Waals surface area contributed by atoms with Gasteiger partial charge in [0.2, 0.25) is 5.78 Å². The normalized spacial score (nSPS) is 18.3. The summed E-state index contributed by atoms with van der Waals surface area (Å²) in [5, 5.41) is 0.179. The number of benzene rings is 1. The number of ketones is 1. The largest absolute Gasteiger partial charge is 0.497 e. The third-order valence-corrected chi connectivity index (χ3v) is 6.40. The molecule has 0 radical (unpaired) electrons. The van der Waals surface area contributed by atoms with E-state index in [1.165, 1.54) is 30.8 Å². The van der Waals surface area contributed by atoms with Gasteiger partial charge < -0.3 is 4.74 Å². The molecule has 0 bridgehead atoms. The maximum Gasteiger partial charge on any atom is 0.214 e. The zero-order valence-electron chi connectivity index (χ0n) is 11.1. The van der Waals surface area contributed by atoms with Gasteiger partial charge in [-0.05, 0) is 61.3 Å². The molecule has 2 nitrogen and oxygen atoms in total. The fourth-order valence-electron chi connectivity index (χ4n) is 2.35. The quantitative estimate of drug-likeness (QED) is 0.618. The van der Waals surface area contributed by atoms with Gasteiger partial charge in [0.05, 0.1) is 7.11 Å². The molecule has 1 unspecified atom stereocenters. The fourth-order valence-corrected chi connectivity index (χ4v) is 4.85. The molecule has 98 valence electrons. The smallest absolute Gasteiger partial charge is 0.214 e. The van der Waals surface area contributed by atoms with Gasteiger partial charge in [-0.25, -0.2) is 0 Å². The van der Waals surface area contributed by atoms with E-state index in [4.69, 9.17) is 4.74 Å². The lowest BCUT2D eigenvalue weighted by Gasteiger charge is -2.18. The first kappa shape index (κ1) is 13.5. The summed E-state index contributed by atoms with van der Waals surface area (Å²) >= 11 is 0. The van der Waals surface area contributed by atoms with Crippen molar-refractivity contribution in [2.24, 2.45) is 0 Å². The van der Waals surface area contributed by atoms with E-state index >= 15 is 0 Å². The maximum absolute atomic E-state index is 12.4. The van der Waals surface area contributed by atoms with E-state index in [2.05, 4.69) is 6.92 Å². The summed E-state index contributed by atoms with van der Waals surface area (Å²) in [6, 6.07) is 7.49. The number of methoxy groups -OCH3 is 1. The highest BCUT2D eigenvalue weighted by Gasteiger charge is 2.34. The molecule has 2 rings (SSSR count). The number of hydrogen-bond acceptors (Lipinski definition) is 2. The average Bonchev–Trinajstić information content (AvgIpc) is 2.47. The molecule has 1 heterocycles. The topological polar surface area (TPSA) is 26.3 Å². The summed E-state index contributed by atoms with van der Waals surface area (Å²) in [5.41, 5.74) is 0.821. The van der Waals surface area contributed by atoms with Crippen LogP contribution in [-0.4, -0.2) is 29.6 Å². The standard InChI is InChI=1S/C15H21O2S/c1-12(18-10-4-3-5-11-18)15(16)13-6-8-14(17-2)9-7-13/h6-9,12H,3-5,10-11H2,1-2H3/q+1. The highest BCUT2D eigenvalue weighted by molar-refractivity contribution is 7.98. The molecular weight excluding hydrogens is 244 g/mol. The van der Waals surface area contributed by atoms with E-state index in [1.807, 2.05) is 24.3 Å². The Bertz CT molecular complexity index is 393. The summed E-state index contributed by atoms with van der Waals surface area (Å²) in [5.74, 6) is 3.58. The van der Waals surface area contributed by atoms with Crippen molar-refractivity contribution in [2.45, 2.75) is 31.4 Å². The molecular formula is C15H21O2S+. The van der Waals surface area contributed by atoms with Crippen molar-refractivity contribution in [2.75, 3.05) is 18.6 Å². The molecule has 1 atom stereocenters. The fraction of sp³-hybridized carbons (Fsp3) is 0.533. The van der Waals surface area contributed by atoms with Crippen LogP contribution in [0.25, 0.3) is 0 Å². The van der Waals surface area contributed by atoms with Gasteiger partial charge in [-0.2, -0.15) is 0 Å².